The minimum absolute atomic E-state index is 1.31. The third kappa shape index (κ3) is 1.79. The lowest BCUT2D eigenvalue weighted by Gasteiger charge is -1.97. The van der Waals surface area contributed by atoms with Gasteiger partial charge in [0.25, 0.3) is 0 Å². The van der Waals surface area contributed by atoms with Crippen LogP contribution in [-0.4, -0.2) is 0 Å². The minimum atomic E-state index is 1.31. The molecular formula is C17H12S2. The average Bonchev–Trinajstić information content (AvgIpc) is 2.97. The van der Waals surface area contributed by atoms with Gasteiger partial charge in [-0.05, 0) is 24.6 Å². The van der Waals surface area contributed by atoms with E-state index in [2.05, 4.69) is 61.5 Å². The molecule has 0 bridgehead atoms. The van der Waals surface area contributed by atoms with Crippen LogP contribution in [0.3, 0.4) is 0 Å². The molecule has 0 amide bonds. The molecule has 2 aromatic carbocycles. The van der Waals surface area contributed by atoms with E-state index in [1.54, 1.807) is 0 Å². The van der Waals surface area contributed by atoms with Gasteiger partial charge in [-0.3, -0.25) is 0 Å². The summed E-state index contributed by atoms with van der Waals surface area (Å²) >= 11 is 3.79. The SMILES string of the molecule is Cc1ccc(-c2cc3sc4ccccc4c3s2)cc1. The third-order valence-electron chi connectivity index (χ3n) is 3.39. The predicted octanol–water partition coefficient (Wildman–Crippen LogP) is 6.09. The quantitative estimate of drug-likeness (QED) is 0.395. The second-order valence-electron chi connectivity index (χ2n) is 4.77. The summed E-state index contributed by atoms with van der Waals surface area (Å²) in [5.41, 5.74) is 2.63. The lowest BCUT2D eigenvalue weighted by Crippen LogP contribution is -1.73. The van der Waals surface area contributed by atoms with Crippen molar-refractivity contribution in [2.75, 3.05) is 0 Å². The molecule has 0 aliphatic heterocycles. The van der Waals surface area contributed by atoms with Crippen LogP contribution in [0.4, 0.5) is 0 Å². The zero-order valence-electron chi connectivity index (χ0n) is 10.5. The van der Waals surface area contributed by atoms with Crippen LogP contribution >= 0.6 is 22.7 Å². The van der Waals surface area contributed by atoms with Crippen LogP contribution in [-0.2, 0) is 0 Å². The van der Waals surface area contributed by atoms with Crippen molar-refractivity contribution < 1.29 is 0 Å². The Morgan fingerprint density at radius 1 is 0.789 bits per heavy atom. The van der Waals surface area contributed by atoms with Crippen molar-refractivity contribution >= 4 is 42.2 Å². The Morgan fingerprint density at radius 3 is 2.42 bits per heavy atom. The smallest absolute Gasteiger partial charge is 0.0535 e. The molecule has 4 rings (SSSR count). The standard InChI is InChI=1S/C17H12S2/c1-11-6-8-12(9-7-11)15-10-16-17(19-15)13-4-2-3-5-14(13)18-16/h2-10H,1H3. The van der Waals surface area contributed by atoms with Crippen LogP contribution in [0, 0.1) is 6.92 Å². The lowest BCUT2D eigenvalue weighted by atomic mass is 10.1. The molecule has 4 aromatic rings. The minimum Gasteiger partial charge on any atom is -0.134 e. The molecule has 0 fully saturated rings. The van der Waals surface area contributed by atoms with E-state index in [1.165, 1.54) is 35.5 Å². The fourth-order valence-electron chi connectivity index (χ4n) is 2.36. The van der Waals surface area contributed by atoms with Gasteiger partial charge in [-0.1, -0.05) is 48.0 Å². The van der Waals surface area contributed by atoms with Gasteiger partial charge in [0.15, 0.2) is 0 Å². The van der Waals surface area contributed by atoms with Crippen molar-refractivity contribution in [2.24, 2.45) is 0 Å². The molecule has 19 heavy (non-hydrogen) atoms. The van der Waals surface area contributed by atoms with Gasteiger partial charge in [0.05, 0.1) is 4.70 Å². The van der Waals surface area contributed by atoms with Crippen LogP contribution in [0.2, 0.25) is 0 Å². The van der Waals surface area contributed by atoms with Crippen molar-refractivity contribution in [2.45, 2.75) is 6.92 Å². The van der Waals surface area contributed by atoms with E-state index in [1.807, 2.05) is 22.7 Å². The zero-order valence-corrected chi connectivity index (χ0v) is 12.1. The number of benzene rings is 2. The van der Waals surface area contributed by atoms with Gasteiger partial charge in [-0.2, -0.15) is 0 Å². The highest BCUT2D eigenvalue weighted by Gasteiger charge is 2.09. The van der Waals surface area contributed by atoms with Crippen LogP contribution in [0.15, 0.2) is 54.6 Å². The normalized spacial score (nSPS) is 11.4. The highest BCUT2D eigenvalue weighted by atomic mass is 32.1. The Labute approximate surface area is 119 Å². The average molecular weight is 280 g/mol. The molecule has 0 aliphatic rings. The molecule has 2 heterocycles. The topological polar surface area (TPSA) is 0 Å². The van der Waals surface area contributed by atoms with Gasteiger partial charge in [0.2, 0.25) is 0 Å². The van der Waals surface area contributed by atoms with Crippen LogP contribution in [0.5, 0.6) is 0 Å². The second kappa shape index (κ2) is 4.19. The molecule has 0 saturated carbocycles. The van der Waals surface area contributed by atoms with E-state index in [9.17, 15) is 0 Å². The van der Waals surface area contributed by atoms with Gasteiger partial charge in [-0.25, -0.2) is 0 Å². The number of aryl methyl sites for hydroxylation is 1. The second-order valence-corrected chi connectivity index (χ2v) is 6.90. The highest BCUT2D eigenvalue weighted by molar-refractivity contribution is 7.33. The Balaban J connectivity index is 1.94. The summed E-state index contributed by atoms with van der Waals surface area (Å²) in [6.07, 6.45) is 0. The van der Waals surface area contributed by atoms with Crippen molar-refractivity contribution in [3.63, 3.8) is 0 Å². The van der Waals surface area contributed by atoms with Crippen LogP contribution < -0.4 is 0 Å². The molecule has 0 unspecified atom stereocenters. The molecule has 0 saturated heterocycles. The molecule has 0 radical (unpaired) electrons. The number of fused-ring (bicyclic) bond motifs is 3. The number of hydrogen-bond donors (Lipinski definition) is 0. The van der Waals surface area contributed by atoms with Gasteiger partial charge < -0.3 is 0 Å². The molecule has 2 heteroatoms. The lowest BCUT2D eigenvalue weighted by molar-refractivity contribution is 1.48. The largest absolute Gasteiger partial charge is 0.134 e. The fraction of sp³-hybridized carbons (Fsp3) is 0.0588. The summed E-state index contributed by atoms with van der Waals surface area (Å²) in [5.74, 6) is 0. The summed E-state index contributed by atoms with van der Waals surface area (Å²) in [7, 11) is 0. The van der Waals surface area contributed by atoms with Crippen molar-refractivity contribution in [3.8, 4) is 10.4 Å². The van der Waals surface area contributed by atoms with E-state index < -0.39 is 0 Å². The molecule has 92 valence electrons. The first-order valence-electron chi connectivity index (χ1n) is 6.29. The third-order valence-corrected chi connectivity index (χ3v) is 5.85. The van der Waals surface area contributed by atoms with Gasteiger partial charge in [-0.15, -0.1) is 22.7 Å². The summed E-state index contributed by atoms with van der Waals surface area (Å²) < 4.78 is 4.22. The van der Waals surface area contributed by atoms with E-state index in [4.69, 9.17) is 0 Å². The van der Waals surface area contributed by atoms with Gasteiger partial charge in [0.1, 0.15) is 0 Å². The van der Waals surface area contributed by atoms with E-state index in [0.717, 1.165) is 0 Å². The number of hydrogen-bond acceptors (Lipinski definition) is 2. The molecular weight excluding hydrogens is 268 g/mol. The van der Waals surface area contributed by atoms with E-state index in [0.29, 0.717) is 0 Å². The summed E-state index contributed by atoms with van der Waals surface area (Å²) in [6, 6.07) is 19.8. The first-order chi connectivity index (χ1) is 9.31. The monoisotopic (exact) mass is 280 g/mol. The summed E-state index contributed by atoms with van der Waals surface area (Å²) in [5, 5.41) is 1.39. The maximum atomic E-state index is 2.33. The maximum absolute atomic E-state index is 2.33. The van der Waals surface area contributed by atoms with E-state index >= 15 is 0 Å². The van der Waals surface area contributed by atoms with Gasteiger partial charge >= 0.3 is 0 Å². The molecule has 0 spiro atoms. The molecule has 0 N–H and O–H groups in total. The van der Waals surface area contributed by atoms with E-state index in [-0.39, 0.29) is 0 Å². The molecule has 0 aliphatic carbocycles. The number of rotatable bonds is 1. The Hall–Kier alpha value is -1.64. The first kappa shape index (κ1) is 11.2. The Bertz CT molecular complexity index is 863. The summed E-state index contributed by atoms with van der Waals surface area (Å²) in [6.45, 7) is 2.13. The van der Waals surface area contributed by atoms with Crippen molar-refractivity contribution in [1.82, 2.24) is 0 Å². The first-order valence-corrected chi connectivity index (χ1v) is 7.93. The van der Waals surface area contributed by atoms with Crippen LogP contribution in [0.25, 0.3) is 29.9 Å². The Morgan fingerprint density at radius 2 is 1.58 bits per heavy atom. The predicted molar refractivity (Wildman–Crippen MR) is 87.4 cm³/mol. The highest BCUT2D eigenvalue weighted by Crippen LogP contribution is 2.42. The zero-order chi connectivity index (χ0) is 12.8. The van der Waals surface area contributed by atoms with Gasteiger partial charge in [0, 0.05) is 19.7 Å². The van der Waals surface area contributed by atoms with Crippen LogP contribution in [0.1, 0.15) is 5.56 Å². The fourth-order valence-corrected chi connectivity index (χ4v) is 4.89. The molecule has 2 aromatic heterocycles. The maximum Gasteiger partial charge on any atom is 0.0535 e. The Kier molecular flexibility index (Phi) is 2.47. The molecule has 0 nitrogen and oxygen atoms in total. The summed E-state index contributed by atoms with van der Waals surface area (Å²) in [4.78, 5) is 1.37. The molecule has 0 atom stereocenters. The van der Waals surface area contributed by atoms with Crippen molar-refractivity contribution in [1.29, 1.82) is 0 Å². The van der Waals surface area contributed by atoms with Crippen molar-refractivity contribution in [3.05, 3.63) is 60.2 Å². The number of thiophene rings is 2.